The zero-order valence-corrected chi connectivity index (χ0v) is 8.03. The summed E-state index contributed by atoms with van der Waals surface area (Å²) in [4.78, 5) is 21.8. The van der Waals surface area contributed by atoms with E-state index in [-0.39, 0.29) is 0 Å². The molecule has 0 aliphatic heterocycles. The Hall–Kier alpha value is -1.84. The maximum Gasteiger partial charge on any atom is 0.291 e. The van der Waals surface area contributed by atoms with Crippen LogP contribution in [0.15, 0.2) is 24.3 Å². The molecule has 0 fully saturated rings. The maximum atomic E-state index is 11.1. The van der Waals surface area contributed by atoms with Gasteiger partial charge in [-0.2, -0.15) is 0 Å². The Balaban J connectivity index is 2.85. The van der Waals surface area contributed by atoms with E-state index in [0.717, 1.165) is 0 Å². The van der Waals surface area contributed by atoms with Crippen LogP contribution in [0.2, 0.25) is 0 Å². The molecule has 74 valence electrons. The maximum absolute atomic E-state index is 11.1. The van der Waals surface area contributed by atoms with E-state index in [4.69, 9.17) is 4.74 Å². The predicted octanol–water partition coefficient (Wildman–Crippen LogP) is 1.22. The number of anilines is 1. The van der Waals surface area contributed by atoms with Crippen molar-refractivity contribution < 1.29 is 14.3 Å². The smallest absolute Gasteiger partial charge is 0.291 e. The number of carbonyl (C=O) groups is 2. The normalized spacial score (nSPS) is 9.29. The Morgan fingerprint density at radius 3 is 2.50 bits per heavy atom. The summed E-state index contributed by atoms with van der Waals surface area (Å²) in [7, 11) is 1.50. The van der Waals surface area contributed by atoms with E-state index in [2.05, 4.69) is 5.32 Å². The van der Waals surface area contributed by atoms with Crippen molar-refractivity contribution in [3.63, 3.8) is 0 Å². The van der Waals surface area contributed by atoms with E-state index in [1.807, 2.05) is 0 Å². The molecule has 0 bridgehead atoms. The molecule has 4 heteroatoms. The third-order valence-electron chi connectivity index (χ3n) is 1.67. The number of hydrogen-bond acceptors (Lipinski definition) is 3. The van der Waals surface area contributed by atoms with Crippen LogP contribution >= 0.6 is 0 Å². The van der Waals surface area contributed by atoms with Crippen molar-refractivity contribution in [2.45, 2.75) is 6.92 Å². The van der Waals surface area contributed by atoms with Gasteiger partial charge in [0.15, 0.2) is 0 Å². The number of ether oxygens (including phenoxy) is 1. The Morgan fingerprint density at radius 1 is 1.29 bits per heavy atom. The fourth-order valence-corrected chi connectivity index (χ4v) is 0.958. The lowest BCUT2D eigenvalue weighted by Gasteiger charge is -2.07. The first-order chi connectivity index (χ1) is 6.65. The second kappa shape index (κ2) is 4.41. The summed E-state index contributed by atoms with van der Waals surface area (Å²) in [6.07, 6.45) is 0. The van der Waals surface area contributed by atoms with Crippen LogP contribution in [-0.2, 0) is 9.59 Å². The molecule has 4 nitrogen and oxygen atoms in total. The number of methoxy groups -OCH3 is 1. The van der Waals surface area contributed by atoms with Crippen LogP contribution in [0.3, 0.4) is 0 Å². The highest BCUT2D eigenvalue weighted by Gasteiger charge is 2.09. The number of ketones is 1. The summed E-state index contributed by atoms with van der Waals surface area (Å²) < 4.78 is 5.00. The number of para-hydroxylation sites is 2. The summed E-state index contributed by atoms with van der Waals surface area (Å²) in [6, 6.07) is 6.90. The molecule has 0 aliphatic carbocycles. The Bertz CT molecular complexity index is 360. The lowest BCUT2D eigenvalue weighted by Crippen LogP contribution is -2.19. The van der Waals surface area contributed by atoms with Crippen LogP contribution < -0.4 is 10.1 Å². The monoisotopic (exact) mass is 193 g/mol. The lowest BCUT2D eigenvalue weighted by molar-refractivity contribution is -0.133. The van der Waals surface area contributed by atoms with Gasteiger partial charge < -0.3 is 10.1 Å². The Labute approximate surface area is 81.9 Å². The molecule has 1 N–H and O–H groups in total. The van der Waals surface area contributed by atoms with Gasteiger partial charge in [-0.3, -0.25) is 9.59 Å². The van der Waals surface area contributed by atoms with Crippen molar-refractivity contribution in [1.82, 2.24) is 0 Å². The van der Waals surface area contributed by atoms with Crippen molar-refractivity contribution >= 4 is 17.4 Å². The van der Waals surface area contributed by atoms with Crippen molar-refractivity contribution in [3.8, 4) is 5.75 Å². The molecule has 0 saturated carbocycles. The van der Waals surface area contributed by atoms with E-state index in [0.29, 0.717) is 11.4 Å². The predicted molar refractivity (Wildman–Crippen MR) is 52.3 cm³/mol. The van der Waals surface area contributed by atoms with Gasteiger partial charge in [-0.15, -0.1) is 0 Å². The fraction of sp³-hybridized carbons (Fsp3) is 0.200. The summed E-state index contributed by atoms with van der Waals surface area (Å²) >= 11 is 0. The van der Waals surface area contributed by atoms with Gasteiger partial charge in [-0.1, -0.05) is 12.1 Å². The number of amides is 1. The second-order valence-corrected chi connectivity index (χ2v) is 2.71. The highest BCUT2D eigenvalue weighted by Crippen LogP contribution is 2.22. The number of nitrogens with one attached hydrogen (secondary N) is 1. The van der Waals surface area contributed by atoms with E-state index < -0.39 is 11.7 Å². The molecule has 1 aromatic rings. The molecule has 1 rings (SSSR count). The number of Topliss-reactive ketones (excluding diaryl/α,β-unsaturated/α-hetero) is 1. The minimum absolute atomic E-state index is 0.496. The molecule has 1 aromatic carbocycles. The Morgan fingerprint density at radius 2 is 1.93 bits per heavy atom. The number of benzene rings is 1. The van der Waals surface area contributed by atoms with Gasteiger partial charge >= 0.3 is 0 Å². The summed E-state index contributed by atoms with van der Waals surface area (Å²) in [5.74, 6) is -0.646. The number of hydrogen-bond donors (Lipinski definition) is 1. The van der Waals surface area contributed by atoms with E-state index in [1.54, 1.807) is 24.3 Å². The zero-order chi connectivity index (χ0) is 10.6. The third-order valence-corrected chi connectivity index (χ3v) is 1.67. The standard InChI is InChI=1S/C10H11NO3/c1-7(12)10(13)11-8-5-3-4-6-9(8)14-2/h3-6H,1-2H3,(H,11,13). The van der Waals surface area contributed by atoms with Gasteiger partial charge in [0.2, 0.25) is 5.78 Å². The molecule has 0 heterocycles. The lowest BCUT2D eigenvalue weighted by atomic mass is 10.3. The first-order valence-electron chi connectivity index (χ1n) is 4.10. The third kappa shape index (κ3) is 2.32. The van der Waals surface area contributed by atoms with Crippen LogP contribution in [0, 0.1) is 0 Å². The molecular formula is C10H11NO3. The van der Waals surface area contributed by atoms with Gasteiger partial charge in [0, 0.05) is 6.92 Å². The summed E-state index contributed by atoms with van der Waals surface area (Å²) in [6.45, 7) is 1.21. The minimum atomic E-state index is -0.644. The first kappa shape index (κ1) is 10.2. The summed E-state index contributed by atoms with van der Waals surface area (Å²) in [5.41, 5.74) is 0.496. The van der Waals surface area contributed by atoms with Crippen LogP contribution in [-0.4, -0.2) is 18.8 Å². The first-order valence-corrected chi connectivity index (χ1v) is 4.10. The van der Waals surface area contributed by atoms with Crippen LogP contribution in [0.25, 0.3) is 0 Å². The average Bonchev–Trinajstić information content (AvgIpc) is 2.18. The highest BCUT2D eigenvalue weighted by atomic mass is 16.5. The number of carbonyl (C=O) groups excluding carboxylic acids is 2. The average molecular weight is 193 g/mol. The van der Waals surface area contributed by atoms with Gasteiger partial charge in [0.25, 0.3) is 5.91 Å². The summed E-state index contributed by atoms with van der Waals surface area (Å²) in [5, 5.41) is 2.45. The van der Waals surface area contributed by atoms with Crippen molar-refractivity contribution in [2.75, 3.05) is 12.4 Å². The molecule has 0 atom stereocenters. The largest absolute Gasteiger partial charge is 0.495 e. The van der Waals surface area contributed by atoms with Gasteiger partial charge in [0.1, 0.15) is 5.75 Å². The molecular weight excluding hydrogens is 182 g/mol. The molecule has 0 radical (unpaired) electrons. The molecule has 0 spiro atoms. The van der Waals surface area contributed by atoms with E-state index >= 15 is 0 Å². The second-order valence-electron chi connectivity index (χ2n) is 2.71. The van der Waals surface area contributed by atoms with Crippen molar-refractivity contribution in [2.24, 2.45) is 0 Å². The van der Waals surface area contributed by atoms with Gasteiger partial charge in [0.05, 0.1) is 12.8 Å². The van der Waals surface area contributed by atoms with Crippen molar-refractivity contribution in [3.05, 3.63) is 24.3 Å². The topological polar surface area (TPSA) is 55.4 Å². The minimum Gasteiger partial charge on any atom is -0.495 e. The molecule has 0 unspecified atom stereocenters. The molecule has 1 amide bonds. The molecule has 0 aromatic heterocycles. The highest BCUT2D eigenvalue weighted by molar-refractivity contribution is 6.39. The molecule has 14 heavy (non-hydrogen) atoms. The molecule has 0 aliphatic rings. The van der Waals surface area contributed by atoms with Crippen molar-refractivity contribution in [1.29, 1.82) is 0 Å². The van der Waals surface area contributed by atoms with Gasteiger partial charge in [-0.25, -0.2) is 0 Å². The van der Waals surface area contributed by atoms with E-state index in [1.165, 1.54) is 14.0 Å². The quantitative estimate of drug-likeness (QED) is 0.734. The van der Waals surface area contributed by atoms with Crippen LogP contribution in [0.4, 0.5) is 5.69 Å². The number of rotatable bonds is 3. The van der Waals surface area contributed by atoms with Crippen LogP contribution in [0.1, 0.15) is 6.92 Å². The SMILES string of the molecule is COc1ccccc1NC(=O)C(C)=O. The fourth-order valence-electron chi connectivity index (χ4n) is 0.958. The molecule has 0 saturated heterocycles. The van der Waals surface area contributed by atoms with Crippen LogP contribution in [0.5, 0.6) is 5.75 Å². The Kier molecular flexibility index (Phi) is 3.23. The van der Waals surface area contributed by atoms with E-state index in [9.17, 15) is 9.59 Å². The zero-order valence-electron chi connectivity index (χ0n) is 8.03. The van der Waals surface area contributed by atoms with Gasteiger partial charge in [-0.05, 0) is 12.1 Å².